The molecule has 2 rings (SSSR count). The van der Waals surface area contributed by atoms with Crippen LogP contribution >= 0.6 is 15.9 Å². The first-order valence-electron chi connectivity index (χ1n) is 5.21. The molecule has 2 nitrogen and oxygen atoms in total. The molecule has 1 aliphatic carbocycles. The van der Waals surface area contributed by atoms with Gasteiger partial charge in [-0.15, -0.1) is 0 Å². The van der Waals surface area contributed by atoms with Gasteiger partial charge in [-0.1, -0.05) is 15.9 Å². The number of carbonyl (C=O) groups excluding carboxylic acids is 1. The molecule has 0 bridgehead atoms. The highest BCUT2D eigenvalue weighted by Gasteiger charge is 2.43. The van der Waals surface area contributed by atoms with Crippen molar-refractivity contribution >= 4 is 21.8 Å². The fourth-order valence-electron chi connectivity index (χ4n) is 1.63. The SMILES string of the molecule is Cc1cc(F)ccc1C(=O)NC1(CBr)CC1. The molecule has 0 aliphatic heterocycles. The molecule has 4 heteroatoms. The zero-order valence-electron chi connectivity index (χ0n) is 9.02. The van der Waals surface area contributed by atoms with Crippen molar-refractivity contribution < 1.29 is 9.18 Å². The molecule has 1 aliphatic rings. The van der Waals surface area contributed by atoms with Crippen LogP contribution in [-0.2, 0) is 0 Å². The molecule has 1 N–H and O–H groups in total. The highest BCUT2D eigenvalue weighted by molar-refractivity contribution is 9.09. The summed E-state index contributed by atoms with van der Waals surface area (Å²) in [5, 5.41) is 3.76. The van der Waals surface area contributed by atoms with Crippen molar-refractivity contribution in [1.82, 2.24) is 5.32 Å². The van der Waals surface area contributed by atoms with Crippen molar-refractivity contribution in [2.24, 2.45) is 0 Å². The van der Waals surface area contributed by atoms with Crippen molar-refractivity contribution in [3.05, 3.63) is 35.1 Å². The van der Waals surface area contributed by atoms with Crippen LogP contribution in [0.25, 0.3) is 0 Å². The second kappa shape index (κ2) is 4.17. The number of hydrogen-bond donors (Lipinski definition) is 1. The van der Waals surface area contributed by atoms with Gasteiger partial charge >= 0.3 is 0 Å². The maximum Gasteiger partial charge on any atom is 0.252 e. The van der Waals surface area contributed by atoms with Gasteiger partial charge in [-0.25, -0.2) is 4.39 Å². The number of alkyl halides is 1. The van der Waals surface area contributed by atoms with Crippen LogP contribution in [0.3, 0.4) is 0 Å². The third kappa shape index (κ3) is 2.26. The molecular formula is C12H13BrFNO. The van der Waals surface area contributed by atoms with E-state index in [-0.39, 0.29) is 17.3 Å². The van der Waals surface area contributed by atoms with Crippen molar-refractivity contribution in [3.8, 4) is 0 Å². The van der Waals surface area contributed by atoms with Crippen LogP contribution in [0.4, 0.5) is 4.39 Å². The van der Waals surface area contributed by atoms with E-state index in [0.717, 1.165) is 18.2 Å². The van der Waals surface area contributed by atoms with Gasteiger partial charge in [0.05, 0.1) is 5.54 Å². The average Bonchev–Trinajstić information content (AvgIpc) is 2.98. The van der Waals surface area contributed by atoms with Crippen LogP contribution in [-0.4, -0.2) is 16.8 Å². The smallest absolute Gasteiger partial charge is 0.252 e. The van der Waals surface area contributed by atoms with Crippen molar-refractivity contribution in [3.63, 3.8) is 0 Å². The maximum absolute atomic E-state index is 12.9. The minimum absolute atomic E-state index is 0.0715. The van der Waals surface area contributed by atoms with Crippen LogP contribution < -0.4 is 5.32 Å². The lowest BCUT2D eigenvalue weighted by atomic mass is 10.1. The van der Waals surface area contributed by atoms with E-state index in [9.17, 15) is 9.18 Å². The Morgan fingerprint density at radius 1 is 1.56 bits per heavy atom. The largest absolute Gasteiger partial charge is 0.346 e. The standard InChI is InChI=1S/C12H13BrFNO/c1-8-6-9(14)2-3-10(8)11(16)15-12(7-13)4-5-12/h2-3,6H,4-5,7H2,1H3,(H,15,16). The van der Waals surface area contributed by atoms with Crippen LogP contribution in [0.5, 0.6) is 0 Å². The molecule has 0 radical (unpaired) electrons. The predicted molar refractivity (Wildman–Crippen MR) is 64.4 cm³/mol. The van der Waals surface area contributed by atoms with Gasteiger partial charge in [-0.2, -0.15) is 0 Å². The summed E-state index contributed by atoms with van der Waals surface area (Å²) in [5.74, 6) is -0.426. The molecule has 0 unspecified atom stereocenters. The van der Waals surface area contributed by atoms with Gasteiger partial charge in [0, 0.05) is 10.9 Å². The van der Waals surface area contributed by atoms with E-state index in [2.05, 4.69) is 21.2 Å². The number of nitrogens with one attached hydrogen (secondary N) is 1. The van der Waals surface area contributed by atoms with Gasteiger partial charge in [0.1, 0.15) is 5.82 Å². The molecule has 16 heavy (non-hydrogen) atoms. The molecule has 1 fully saturated rings. The quantitative estimate of drug-likeness (QED) is 0.851. The van der Waals surface area contributed by atoms with Gasteiger partial charge in [-0.05, 0) is 43.5 Å². The number of benzene rings is 1. The number of amides is 1. The summed E-state index contributed by atoms with van der Waals surface area (Å²) in [7, 11) is 0. The third-order valence-electron chi connectivity index (χ3n) is 2.92. The van der Waals surface area contributed by atoms with Crippen LogP contribution in [0.15, 0.2) is 18.2 Å². The second-order valence-electron chi connectivity index (χ2n) is 4.33. The van der Waals surface area contributed by atoms with Gasteiger partial charge in [0.25, 0.3) is 5.91 Å². The summed E-state index contributed by atoms with van der Waals surface area (Å²) in [6, 6.07) is 4.22. The summed E-state index contributed by atoms with van der Waals surface area (Å²) < 4.78 is 12.9. The van der Waals surface area contributed by atoms with E-state index >= 15 is 0 Å². The molecule has 86 valence electrons. The van der Waals surface area contributed by atoms with Gasteiger partial charge < -0.3 is 5.32 Å². The molecule has 0 aromatic heterocycles. The van der Waals surface area contributed by atoms with E-state index in [4.69, 9.17) is 0 Å². The van der Waals surface area contributed by atoms with Crippen molar-refractivity contribution in [1.29, 1.82) is 0 Å². The zero-order chi connectivity index (χ0) is 11.8. The normalized spacial score (nSPS) is 16.9. The summed E-state index contributed by atoms with van der Waals surface area (Å²) in [6.45, 7) is 1.74. The first-order chi connectivity index (χ1) is 7.56. The molecule has 0 spiro atoms. The monoisotopic (exact) mass is 285 g/mol. The van der Waals surface area contributed by atoms with E-state index in [1.807, 2.05) is 0 Å². The summed E-state index contributed by atoms with van der Waals surface area (Å²) in [6.07, 6.45) is 2.01. The highest BCUT2D eigenvalue weighted by atomic mass is 79.9. The molecule has 0 saturated heterocycles. The lowest BCUT2D eigenvalue weighted by Gasteiger charge is -2.15. The van der Waals surface area contributed by atoms with Gasteiger partial charge in [-0.3, -0.25) is 4.79 Å². The van der Waals surface area contributed by atoms with Crippen molar-refractivity contribution in [2.45, 2.75) is 25.3 Å². The Bertz CT molecular complexity index is 429. The number of rotatable bonds is 3. The Balaban J connectivity index is 2.15. The first kappa shape index (κ1) is 11.6. The van der Waals surface area contributed by atoms with Gasteiger partial charge in [0.15, 0.2) is 0 Å². The predicted octanol–water partition coefficient (Wildman–Crippen LogP) is 2.79. The molecular weight excluding hydrogens is 273 g/mol. The number of halogens is 2. The van der Waals surface area contributed by atoms with E-state index < -0.39 is 0 Å². The minimum atomic E-state index is -0.310. The lowest BCUT2D eigenvalue weighted by Crippen LogP contribution is -2.38. The summed E-state index contributed by atoms with van der Waals surface area (Å²) >= 11 is 3.39. The minimum Gasteiger partial charge on any atom is -0.346 e. The van der Waals surface area contributed by atoms with Crippen LogP contribution in [0, 0.1) is 12.7 Å². The summed E-state index contributed by atoms with van der Waals surface area (Å²) in [4.78, 5) is 11.9. The summed E-state index contributed by atoms with van der Waals surface area (Å²) in [5.41, 5.74) is 1.15. The second-order valence-corrected chi connectivity index (χ2v) is 4.89. The van der Waals surface area contributed by atoms with E-state index in [1.165, 1.54) is 18.2 Å². The average molecular weight is 286 g/mol. The molecule has 0 heterocycles. The van der Waals surface area contributed by atoms with Gasteiger partial charge in [0.2, 0.25) is 0 Å². The van der Waals surface area contributed by atoms with Crippen LogP contribution in [0.2, 0.25) is 0 Å². The van der Waals surface area contributed by atoms with Crippen LogP contribution in [0.1, 0.15) is 28.8 Å². The number of hydrogen-bond acceptors (Lipinski definition) is 1. The molecule has 1 aromatic rings. The highest BCUT2D eigenvalue weighted by Crippen LogP contribution is 2.37. The number of carbonyl (C=O) groups is 1. The Morgan fingerprint density at radius 2 is 2.25 bits per heavy atom. The fourth-order valence-corrected chi connectivity index (χ4v) is 2.33. The van der Waals surface area contributed by atoms with E-state index in [0.29, 0.717) is 11.1 Å². The Kier molecular flexibility index (Phi) is 3.02. The Hall–Kier alpha value is -0.900. The molecule has 1 amide bonds. The fraction of sp³-hybridized carbons (Fsp3) is 0.417. The molecule has 1 aromatic carbocycles. The van der Waals surface area contributed by atoms with Crippen molar-refractivity contribution in [2.75, 3.05) is 5.33 Å². The first-order valence-corrected chi connectivity index (χ1v) is 6.33. The molecule has 0 atom stereocenters. The third-order valence-corrected chi connectivity index (χ3v) is 3.99. The Morgan fingerprint density at radius 3 is 2.75 bits per heavy atom. The number of aryl methyl sites for hydroxylation is 1. The molecule has 1 saturated carbocycles. The lowest BCUT2D eigenvalue weighted by molar-refractivity contribution is 0.0936. The maximum atomic E-state index is 12.9. The van der Waals surface area contributed by atoms with E-state index in [1.54, 1.807) is 6.92 Å². The topological polar surface area (TPSA) is 29.1 Å². The Labute approximate surface area is 102 Å². The zero-order valence-corrected chi connectivity index (χ0v) is 10.6.